The van der Waals surface area contributed by atoms with Gasteiger partial charge < -0.3 is 10.6 Å². The van der Waals surface area contributed by atoms with Gasteiger partial charge in [-0.2, -0.15) is 0 Å². The fourth-order valence-corrected chi connectivity index (χ4v) is 3.34. The first-order chi connectivity index (χ1) is 8.58. The van der Waals surface area contributed by atoms with Crippen molar-refractivity contribution >= 4 is 28.8 Å². The van der Waals surface area contributed by atoms with Gasteiger partial charge >= 0.3 is 0 Å². The van der Waals surface area contributed by atoms with E-state index in [1.807, 2.05) is 19.1 Å². The maximum absolute atomic E-state index is 12.2. The van der Waals surface area contributed by atoms with E-state index in [-0.39, 0.29) is 17.9 Å². The number of piperidine rings is 1. The molecule has 1 aromatic heterocycles. The van der Waals surface area contributed by atoms with E-state index in [9.17, 15) is 4.79 Å². The molecule has 18 heavy (non-hydrogen) atoms. The third-order valence-electron chi connectivity index (χ3n) is 3.53. The van der Waals surface area contributed by atoms with E-state index in [1.165, 1.54) is 11.3 Å². The lowest BCUT2D eigenvalue weighted by Crippen LogP contribution is -2.49. The minimum atomic E-state index is -0.121. The maximum Gasteiger partial charge on any atom is 0.228 e. The summed E-state index contributed by atoms with van der Waals surface area (Å²) in [6, 6.07) is 4.07. The van der Waals surface area contributed by atoms with Gasteiger partial charge in [0.25, 0.3) is 0 Å². The van der Waals surface area contributed by atoms with Gasteiger partial charge in [-0.3, -0.25) is 4.79 Å². The van der Waals surface area contributed by atoms with Crippen molar-refractivity contribution in [2.24, 2.45) is 5.92 Å². The molecule has 2 heterocycles. The van der Waals surface area contributed by atoms with Crippen LogP contribution in [0.4, 0.5) is 0 Å². The van der Waals surface area contributed by atoms with Gasteiger partial charge in [0.15, 0.2) is 0 Å². The lowest BCUT2D eigenvalue weighted by atomic mass is 9.94. The molecule has 100 valence electrons. The molecule has 3 nitrogen and oxygen atoms in total. The summed E-state index contributed by atoms with van der Waals surface area (Å²) < 4.78 is 0.736. The van der Waals surface area contributed by atoms with Gasteiger partial charge in [0.2, 0.25) is 5.91 Å². The molecule has 2 rings (SSSR count). The van der Waals surface area contributed by atoms with Gasteiger partial charge in [0, 0.05) is 10.9 Å². The van der Waals surface area contributed by atoms with Crippen molar-refractivity contribution in [3.8, 4) is 0 Å². The molecule has 0 radical (unpaired) electrons. The van der Waals surface area contributed by atoms with Gasteiger partial charge in [0.1, 0.15) is 0 Å². The second kappa shape index (κ2) is 6.04. The lowest BCUT2D eigenvalue weighted by molar-refractivity contribution is -0.123. The van der Waals surface area contributed by atoms with Crippen molar-refractivity contribution in [1.29, 1.82) is 0 Å². The summed E-state index contributed by atoms with van der Waals surface area (Å²) in [5.41, 5.74) is 0. The zero-order chi connectivity index (χ0) is 13.1. The molecular formula is C13H19ClN2OS. The number of halogens is 1. The summed E-state index contributed by atoms with van der Waals surface area (Å²) in [6.07, 6.45) is 1.00. The van der Waals surface area contributed by atoms with Crippen LogP contribution < -0.4 is 10.6 Å². The van der Waals surface area contributed by atoms with Crippen LogP contribution in [0.2, 0.25) is 4.34 Å². The molecule has 0 saturated carbocycles. The number of rotatable bonds is 3. The molecule has 0 aliphatic carbocycles. The van der Waals surface area contributed by atoms with Crippen molar-refractivity contribution in [2.75, 3.05) is 13.1 Å². The summed E-state index contributed by atoms with van der Waals surface area (Å²) >= 11 is 7.38. The number of carbonyl (C=O) groups is 1. The van der Waals surface area contributed by atoms with Gasteiger partial charge in [0.05, 0.1) is 10.3 Å². The number of amides is 1. The minimum Gasteiger partial charge on any atom is -0.352 e. The fourth-order valence-electron chi connectivity index (χ4n) is 2.23. The van der Waals surface area contributed by atoms with Crippen LogP contribution >= 0.6 is 22.9 Å². The van der Waals surface area contributed by atoms with Crippen molar-refractivity contribution in [3.05, 3.63) is 21.3 Å². The molecule has 0 aromatic carbocycles. The number of carbonyl (C=O) groups excluding carboxylic acids is 1. The van der Waals surface area contributed by atoms with Crippen LogP contribution in [0.1, 0.15) is 31.1 Å². The third-order valence-corrected chi connectivity index (χ3v) is 4.94. The summed E-state index contributed by atoms with van der Waals surface area (Å²) in [4.78, 5) is 13.2. The van der Waals surface area contributed by atoms with E-state index < -0.39 is 0 Å². The van der Waals surface area contributed by atoms with Crippen LogP contribution in [0.15, 0.2) is 12.1 Å². The van der Waals surface area contributed by atoms with E-state index in [1.54, 1.807) is 0 Å². The van der Waals surface area contributed by atoms with Crippen LogP contribution in [-0.4, -0.2) is 25.0 Å². The second-order valence-electron chi connectivity index (χ2n) is 4.95. The Hall–Kier alpha value is -0.580. The van der Waals surface area contributed by atoms with Crippen molar-refractivity contribution in [2.45, 2.75) is 32.2 Å². The predicted molar refractivity (Wildman–Crippen MR) is 76.3 cm³/mol. The first-order valence-corrected chi connectivity index (χ1v) is 7.53. The number of nitrogens with one attached hydrogen (secondary N) is 2. The molecule has 0 bridgehead atoms. The smallest absolute Gasteiger partial charge is 0.228 e. The third kappa shape index (κ3) is 3.25. The molecule has 1 amide bonds. The van der Waals surface area contributed by atoms with E-state index in [0.29, 0.717) is 5.92 Å². The van der Waals surface area contributed by atoms with Crippen molar-refractivity contribution < 1.29 is 4.79 Å². The average Bonchev–Trinajstić information content (AvgIpc) is 2.78. The molecule has 0 spiro atoms. The molecule has 1 fully saturated rings. The number of hydrogen-bond donors (Lipinski definition) is 2. The molecule has 1 aromatic rings. The molecule has 1 aliphatic heterocycles. The Labute approximate surface area is 117 Å². The Kier molecular flexibility index (Phi) is 4.65. The average molecular weight is 287 g/mol. The minimum absolute atomic E-state index is 0.104. The highest BCUT2D eigenvalue weighted by Crippen LogP contribution is 2.28. The molecule has 3 unspecified atom stereocenters. The molecule has 1 saturated heterocycles. The van der Waals surface area contributed by atoms with E-state index in [2.05, 4.69) is 17.6 Å². The molecule has 5 heteroatoms. The van der Waals surface area contributed by atoms with E-state index in [4.69, 9.17) is 11.6 Å². The number of thiophene rings is 1. The monoisotopic (exact) mass is 286 g/mol. The Morgan fingerprint density at radius 2 is 2.39 bits per heavy atom. The molecule has 2 N–H and O–H groups in total. The van der Waals surface area contributed by atoms with Crippen LogP contribution in [0.5, 0.6) is 0 Å². The van der Waals surface area contributed by atoms with Crippen LogP contribution in [-0.2, 0) is 4.79 Å². The highest BCUT2D eigenvalue weighted by atomic mass is 35.5. The summed E-state index contributed by atoms with van der Waals surface area (Å²) in [5.74, 6) is 0.471. The van der Waals surface area contributed by atoms with Crippen LogP contribution in [0.25, 0.3) is 0 Å². The first kappa shape index (κ1) is 13.8. The Bertz CT molecular complexity index is 421. The Balaban J connectivity index is 1.94. The van der Waals surface area contributed by atoms with Gasteiger partial charge in [-0.1, -0.05) is 18.5 Å². The zero-order valence-electron chi connectivity index (χ0n) is 10.7. The molecular weight excluding hydrogens is 268 g/mol. The quantitative estimate of drug-likeness (QED) is 0.897. The van der Waals surface area contributed by atoms with Gasteiger partial charge in [-0.25, -0.2) is 0 Å². The standard InChI is InChI=1S/C13H19ClN2OS/c1-8-7-15-6-5-10(8)16-13(17)9(2)11-3-4-12(14)18-11/h3-4,8-10,15H,5-7H2,1-2H3,(H,16,17). The van der Waals surface area contributed by atoms with Gasteiger partial charge in [-0.05, 0) is 44.5 Å². The first-order valence-electron chi connectivity index (χ1n) is 6.34. The SMILES string of the molecule is CC(C(=O)NC1CCNCC1C)c1ccc(Cl)s1. The topological polar surface area (TPSA) is 41.1 Å². The Morgan fingerprint density at radius 1 is 1.61 bits per heavy atom. The summed E-state index contributed by atoms with van der Waals surface area (Å²) in [7, 11) is 0. The fraction of sp³-hybridized carbons (Fsp3) is 0.615. The maximum atomic E-state index is 12.2. The van der Waals surface area contributed by atoms with Gasteiger partial charge in [-0.15, -0.1) is 11.3 Å². The molecule has 1 aliphatic rings. The normalized spacial score (nSPS) is 25.7. The molecule has 3 atom stereocenters. The Morgan fingerprint density at radius 3 is 3.00 bits per heavy atom. The predicted octanol–water partition coefficient (Wildman–Crippen LogP) is 2.62. The summed E-state index contributed by atoms with van der Waals surface area (Å²) in [5, 5.41) is 6.50. The number of hydrogen-bond acceptors (Lipinski definition) is 3. The van der Waals surface area contributed by atoms with E-state index >= 15 is 0 Å². The second-order valence-corrected chi connectivity index (χ2v) is 6.70. The lowest BCUT2D eigenvalue weighted by Gasteiger charge is -2.31. The highest BCUT2D eigenvalue weighted by Gasteiger charge is 2.25. The highest BCUT2D eigenvalue weighted by molar-refractivity contribution is 7.16. The van der Waals surface area contributed by atoms with Crippen LogP contribution in [0.3, 0.4) is 0 Å². The van der Waals surface area contributed by atoms with E-state index in [0.717, 1.165) is 28.7 Å². The largest absolute Gasteiger partial charge is 0.352 e. The zero-order valence-corrected chi connectivity index (χ0v) is 12.3. The van der Waals surface area contributed by atoms with Crippen molar-refractivity contribution in [3.63, 3.8) is 0 Å². The van der Waals surface area contributed by atoms with Crippen molar-refractivity contribution in [1.82, 2.24) is 10.6 Å². The van der Waals surface area contributed by atoms with Crippen LogP contribution in [0, 0.1) is 5.92 Å². The summed E-state index contributed by atoms with van der Waals surface area (Å²) in [6.45, 7) is 6.06.